The molecular weight excluding hydrogens is 184 g/mol. The first-order chi connectivity index (χ1) is 6.30. The molecule has 0 saturated heterocycles. The molecule has 0 atom stereocenters. The maximum Gasteiger partial charge on any atom is 0.122 e. The molecule has 0 aliphatic heterocycles. The van der Waals surface area contributed by atoms with Gasteiger partial charge in [-0.2, -0.15) is 11.8 Å². The van der Waals surface area contributed by atoms with Crippen molar-refractivity contribution in [3.63, 3.8) is 0 Å². The maximum absolute atomic E-state index is 5.15. The Kier molecular flexibility index (Phi) is 3.96. The molecule has 0 unspecified atom stereocenters. The van der Waals surface area contributed by atoms with Crippen LogP contribution in [-0.2, 0) is 5.75 Å². The molecule has 72 valence electrons. The van der Waals surface area contributed by atoms with Gasteiger partial charge in [0.2, 0.25) is 0 Å². The van der Waals surface area contributed by atoms with E-state index in [2.05, 4.69) is 6.26 Å². The van der Waals surface area contributed by atoms with E-state index in [-0.39, 0.29) is 0 Å². The van der Waals surface area contributed by atoms with E-state index in [0.717, 1.165) is 17.3 Å². The van der Waals surface area contributed by atoms with E-state index in [1.165, 1.54) is 5.56 Å². The minimum Gasteiger partial charge on any atom is -0.497 e. The molecule has 0 heterocycles. The standard InChI is InChI=1S/C10H14O2S/c1-11-9-4-8(7-13-3)5-10(6-9)12-2/h4-6H,7H2,1-3H3. The van der Waals surface area contributed by atoms with E-state index in [9.17, 15) is 0 Å². The van der Waals surface area contributed by atoms with Gasteiger partial charge in [-0.05, 0) is 24.0 Å². The van der Waals surface area contributed by atoms with Crippen LogP contribution >= 0.6 is 11.8 Å². The highest BCUT2D eigenvalue weighted by Crippen LogP contribution is 2.24. The Morgan fingerprint density at radius 2 is 1.62 bits per heavy atom. The van der Waals surface area contributed by atoms with Crippen molar-refractivity contribution in [1.29, 1.82) is 0 Å². The Morgan fingerprint density at radius 1 is 1.08 bits per heavy atom. The molecule has 13 heavy (non-hydrogen) atoms. The van der Waals surface area contributed by atoms with Gasteiger partial charge < -0.3 is 9.47 Å². The Hall–Kier alpha value is -0.830. The van der Waals surface area contributed by atoms with Crippen molar-refractivity contribution in [1.82, 2.24) is 0 Å². The molecule has 0 N–H and O–H groups in total. The zero-order valence-corrected chi connectivity index (χ0v) is 8.98. The fourth-order valence-electron chi connectivity index (χ4n) is 1.12. The Morgan fingerprint density at radius 3 is 2.00 bits per heavy atom. The minimum absolute atomic E-state index is 0.850. The normalized spacial score (nSPS) is 9.77. The Balaban J connectivity index is 2.93. The van der Waals surface area contributed by atoms with E-state index in [0.29, 0.717) is 0 Å². The predicted molar refractivity (Wildman–Crippen MR) is 56.8 cm³/mol. The summed E-state index contributed by atoms with van der Waals surface area (Å²) in [5.74, 6) is 2.68. The van der Waals surface area contributed by atoms with Gasteiger partial charge in [0.15, 0.2) is 0 Å². The van der Waals surface area contributed by atoms with Crippen molar-refractivity contribution in [3.05, 3.63) is 23.8 Å². The number of hydrogen-bond donors (Lipinski definition) is 0. The summed E-state index contributed by atoms with van der Waals surface area (Å²) in [4.78, 5) is 0. The molecule has 1 aromatic carbocycles. The highest BCUT2D eigenvalue weighted by Gasteiger charge is 2.00. The first kappa shape index (κ1) is 10.3. The van der Waals surface area contributed by atoms with Crippen LogP contribution in [0.5, 0.6) is 11.5 Å². The van der Waals surface area contributed by atoms with Crippen LogP contribution in [0.1, 0.15) is 5.56 Å². The third-order valence-electron chi connectivity index (χ3n) is 1.72. The third-order valence-corrected chi connectivity index (χ3v) is 2.34. The molecule has 1 rings (SSSR count). The van der Waals surface area contributed by atoms with Crippen molar-refractivity contribution in [3.8, 4) is 11.5 Å². The molecule has 0 saturated carbocycles. The third kappa shape index (κ3) is 2.84. The van der Waals surface area contributed by atoms with Gasteiger partial charge >= 0.3 is 0 Å². The zero-order chi connectivity index (χ0) is 9.68. The Bertz CT molecular complexity index is 251. The van der Waals surface area contributed by atoms with Crippen LogP contribution in [0.4, 0.5) is 0 Å². The second-order valence-corrected chi connectivity index (χ2v) is 3.52. The molecular formula is C10H14O2S. The molecule has 0 fully saturated rings. The zero-order valence-electron chi connectivity index (χ0n) is 8.16. The van der Waals surface area contributed by atoms with Crippen molar-refractivity contribution < 1.29 is 9.47 Å². The number of hydrogen-bond acceptors (Lipinski definition) is 3. The van der Waals surface area contributed by atoms with E-state index in [1.54, 1.807) is 26.0 Å². The Labute approximate surface area is 83.2 Å². The molecule has 3 heteroatoms. The summed E-state index contributed by atoms with van der Waals surface area (Å²) >= 11 is 1.78. The molecule has 0 aliphatic rings. The molecule has 0 amide bonds. The molecule has 0 bridgehead atoms. The van der Waals surface area contributed by atoms with Crippen molar-refractivity contribution in [2.75, 3.05) is 20.5 Å². The van der Waals surface area contributed by atoms with Crippen LogP contribution in [0.25, 0.3) is 0 Å². The van der Waals surface area contributed by atoms with Crippen LogP contribution in [0, 0.1) is 0 Å². The topological polar surface area (TPSA) is 18.5 Å². The summed E-state index contributed by atoms with van der Waals surface area (Å²) in [6, 6.07) is 5.93. The quantitative estimate of drug-likeness (QED) is 0.740. The molecule has 0 spiro atoms. The van der Waals surface area contributed by atoms with Gasteiger partial charge in [-0.15, -0.1) is 0 Å². The second kappa shape index (κ2) is 5.02. The summed E-state index contributed by atoms with van der Waals surface area (Å²) < 4.78 is 10.3. The summed E-state index contributed by atoms with van der Waals surface area (Å²) in [6.07, 6.45) is 2.08. The van der Waals surface area contributed by atoms with Gasteiger partial charge in [-0.25, -0.2) is 0 Å². The first-order valence-corrected chi connectivity index (χ1v) is 5.40. The van der Waals surface area contributed by atoms with Crippen LogP contribution in [0.3, 0.4) is 0 Å². The second-order valence-electron chi connectivity index (χ2n) is 2.65. The highest BCUT2D eigenvalue weighted by atomic mass is 32.2. The van der Waals surface area contributed by atoms with Crippen LogP contribution in [0.15, 0.2) is 18.2 Å². The molecule has 0 aliphatic carbocycles. The van der Waals surface area contributed by atoms with Crippen molar-refractivity contribution >= 4 is 11.8 Å². The minimum atomic E-state index is 0.850. The lowest BCUT2D eigenvalue weighted by Gasteiger charge is -2.07. The summed E-state index contributed by atoms with van der Waals surface area (Å²) in [5, 5.41) is 0. The summed E-state index contributed by atoms with van der Waals surface area (Å²) in [7, 11) is 3.33. The molecule has 2 nitrogen and oxygen atoms in total. The monoisotopic (exact) mass is 198 g/mol. The van der Waals surface area contributed by atoms with E-state index in [1.807, 2.05) is 18.2 Å². The van der Waals surface area contributed by atoms with Gasteiger partial charge in [0, 0.05) is 11.8 Å². The van der Waals surface area contributed by atoms with E-state index < -0.39 is 0 Å². The van der Waals surface area contributed by atoms with E-state index >= 15 is 0 Å². The van der Waals surface area contributed by atoms with Crippen LogP contribution in [-0.4, -0.2) is 20.5 Å². The van der Waals surface area contributed by atoms with Gasteiger partial charge in [-0.3, -0.25) is 0 Å². The maximum atomic E-state index is 5.15. The van der Waals surface area contributed by atoms with Gasteiger partial charge in [0.1, 0.15) is 11.5 Å². The summed E-state index contributed by atoms with van der Waals surface area (Å²) in [5.41, 5.74) is 1.23. The van der Waals surface area contributed by atoms with Crippen LogP contribution < -0.4 is 9.47 Å². The molecule has 0 aromatic heterocycles. The van der Waals surface area contributed by atoms with Crippen molar-refractivity contribution in [2.45, 2.75) is 5.75 Å². The smallest absolute Gasteiger partial charge is 0.122 e. The van der Waals surface area contributed by atoms with Gasteiger partial charge in [0.25, 0.3) is 0 Å². The number of rotatable bonds is 4. The first-order valence-electron chi connectivity index (χ1n) is 4.01. The largest absolute Gasteiger partial charge is 0.497 e. The van der Waals surface area contributed by atoms with E-state index in [4.69, 9.17) is 9.47 Å². The number of methoxy groups -OCH3 is 2. The number of thioether (sulfide) groups is 1. The lowest BCUT2D eigenvalue weighted by molar-refractivity contribution is 0.393. The SMILES string of the molecule is COc1cc(CSC)cc(OC)c1. The van der Waals surface area contributed by atoms with Gasteiger partial charge in [0.05, 0.1) is 14.2 Å². The lowest BCUT2D eigenvalue weighted by Crippen LogP contribution is -1.89. The average molecular weight is 198 g/mol. The number of benzene rings is 1. The lowest BCUT2D eigenvalue weighted by atomic mass is 10.2. The molecule has 1 aromatic rings. The van der Waals surface area contributed by atoms with Gasteiger partial charge in [-0.1, -0.05) is 0 Å². The van der Waals surface area contributed by atoms with Crippen LogP contribution in [0.2, 0.25) is 0 Å². The molecule has 0 radical (unpaired) electrons. The fourth-order valence-corrected chi connectivity index (χ4v) is 1.62. The predicted octanol–water partition coefficient (Wildman–Crippen LogP) is 2.57. The number of ether oxygens (including phenoxy) is 2. The fraction of sp³-hybridized carbons (Fsp3) is 0.400. The summed E-state index contributed by atoms with van der Waals surface area (Å²) in [6.45, 7) is 0. The average Bonchev–Trinajstić information content (AvgIpc) is 2.17. The highest BCUT2D eigenvalue weighted by molar-refractivity contribution is 7.97. The van der Waals surface area contributed by atoms with Crippen molar-refractivity contribution in [2.24, 2.45) is 0 Å².